The predicted molar refractivity (Wildman–Crippen MR) is 130 cm³/mol. The van der Waals surface area contributed by atoms with Gasteiger partial charge in [-0.25, -0.2) is 4.98 Å². The van der Waals surface area contributed by atoms with Gasteiger partial charge in [0.1, 0.15) is 11.1 Å². The highest BCUT2D eigenvalue weighted by atomic mass is 32.1. The molecule has 1 amide bonds. The van der Waals surface area contributed by atoms with Crippen molar-refractivity contribution >= 4 is 33.1 Å². The zero-order valence-electron chi connectivity index (χ0n) is 18.1. The van der Waals surface area contributed by atoms with Gasteiger partial charge in [-0.1, -0.05) is 48.9 Å². The average Bonchev–Trinajstić information content (AvgIpc) is 3.14. The second-order valence-corrected chi connectivity index (χ2v) is 9.67. The molecule has 5 heteroatoms. The van der Waals surface area contributed by atoms with E-state index in [1.165, 1.54) is 4.88 Å². The molecule has 0 aliphatic heterocycles. The maximum Gasteiger partial charge on any atom is 0.257 e. The number of aromatic nitrogens is 1. The Hall–Kier alpha value is -3.49. The van der Waals surface area contributed by atoms with E-state index < -0.39 is 0 Å². The second kappa shape index (κ2) is 8.22. The summed E-state index contributed by atoms with van der Waals surface area (Å²) in [4.78, 5) is 19.5. The number of carbonyl (C=O) groups excluding carboxylic acids is 1. The van der Waals surface area contributed by atoms with Crippen LogP contribution in [0, 0.1) is 24.2 Å². The van der Waals surface area contributed by atoms with Gasteiger partial charge in [0.05, 0.1) is 22.3 Å². The molecular weight excluding hydrogens is 414 g/mol. The quantitative estimate of drug-likeness (QED) is 0.397. The zero-order valence-corrected chi connectivity index (χ0v) is 18.9. The highest BCUT2D eigenvalue weighted by Gasteiger charge is 2.25. The van der Waals surface area contributed by atoms with E-state index in [2.05, 4.69) is 24.4 Å². The number of fused-ring (bicyclic) bond motifs is 2. The number of hydrogen-bond acceptors (Lipinski definition) is 4. The van der Waals surface area contributed by atoms with Gasteiger partial charge >= 0.3 is 0 Å². The first-order chi connectivity index (χ1) is 15.5. The molecule has 0 saturated heterocycles. The number of carbonyl (C=O) groups is 1. The molecule has 4 nitrogen and oxygen atoms in total. The molecule has 0 bridgehead atoms. The van der Waals surface area contributed by atoms with Crippen LogP contribution in [0.15, 0.2) is 54.6 Å². The number of nitrogens with one attached hydrogen (secondary N) is 1. The van der Waals surface area contributed by atoms with E-state index in [1.807, 2.05) is 55.5 Å². The molecule has 0 spiro atoms. The summed E-state index contributed by atoms with van der Waals surface area (Å²) in [5.41, 5.74) is 5.96. The van der Waals surface area contributed by atoms with E-state index in [4.69, 9.17) is 4.98 Å². The van der Waals surface area contributed by atoms with Crippen molar-refractivity contribution in [3.05, 3.63) is 81.7 Å². The van der Waals surface area contributed by atoms with Crippen molar-refractivity contribution in [2.45, 2.75) is 33.1 Å². The van der Waals surface area contributed by atoms with Gasteiger partial charge in [-0.2, -0.15) is 5.26 Å². The molecule has 2 heterocycles. The fourth-order valence-electron chi connectivity index (χ4n) is 4.44. The third-order valence-electron chi connectivity index (χ3n) is 6.13. The lowest BCUT2D eigenvalue weighted by Gasteiger charge is -2.17. The Morgan fingerprint density at radius 3 is 2.84 bits per heavy atom. The summed E-state index contributed by atoms with van der Waals surface area (Å²) in [7, 11) is 0. The first-order valence-corrected chi connectivity index (χ1v) is 11.7. The Balaban J connectivity index is 1.58. The lowest BCUT2D eigenvalue weighted by Crippen LogP contribution is -2.13. The lowest BCUT2D eigenvalue weighted by molar-refractivity contribution is 0.102. The van der Waals surface area contributed by atoms with Crippen LogP contribution in [0.2, 0.25) is 0 Å². The molecule has 1 aliphatic carbocycles. The zero-order chi connectivity index (χ0) is 22.2. The first-order valence-electron chi connectivity index (χ1n) is 10.9. The van der Waals surface area contributed by atoms with Crippen LogP contribution in [-0.4, -0.2) is 10.9 Å². The predicted octanol–water partition coefficient (Wildman–Crippen LogP) is 6.52. The van der Waals surface area contributed by atoms with Crippen LogP contribution in [0.1, 0.15) is 45.3 Å². The molecule has 4 aromatic rings. The molecule has 32 heavy (non-hydrogen) atoms. The van der Waals surface area contributed by atoms with Crippen LogP contribution >= 0.6 is 11.3 Å². The first kappa shape index (κ1) is 20.4. The van der Waals surface area contributed by atoms with Gasteiger partial charge < -0.3 is 5.32 Å². The number of para-hydroxylation sites is 1. The molecular formula is C27H23N3OS. The van der Waals surface area contributed by atoms with Gasteiger partial charge in [0.15, 0.2) is 0 Å². The van der Waals surface area contributed by atoms with Gasteiger partial charge in [-0.05, 0) is 55.9 Å². The summed E-state index contributed by atoms with van der Waals surface area (Å²) >= 11 is 1.55. The molecule has 1 unspecified atom stereocenters. The van der Waals surface area contributed by atoms with E-state index in [-0.39, 0.29) is 5.91 Å². The van der Waals surface area contributed by atoms with Crippen molar-refractivity contribution in [3.63, 3.8) is 0 Å². The van der Waals surface area contributed by atoms with Crippen molar-refractivity contribution in [3.8, 4) is 17.3 Å². The number of pyridine rings is 1. The van der Waals surface area contributed by atoms with Crippen LogP contribution in [0.5, 0.6) is 0 Å². The van der Waals surface area contributed by atoms with Crippen molar-refractivity contribution in [2.24, 2.45) is 5.92 Å². The minimum atomic E-state index is -0.208. The number of hydrogen-bond donors (Lipinski definition) is 1. The van der Waals surface area contributed by atoms with Gasteiger partial charge in [0.25, 0.3) is 5.91 Å². The van der Waals surface area contributed by atoms with E-state index in [1.54, 1.807) is 11.3 Å². The Morgan fingerprint density at radius 2 is 2.03 bits per heavy atom. The normalized spacial score (nSPS) is 15.2. The highest BCUT2D eigenvalue weighted by Crippen LogP contribution is 2.39. The molecule has 1 N–H and O–H groups in total. The molecule has 1 atom stereocenters. The Bertz CT molecular complexity index is 1400. The third kappa shape index (κ3) is 3.68. The molecule has 0 saturated carbocycles. The maximum atomic E-state index is 13.5. The summed E-state index contributed by atoms with van der Waals surface area (Å²) < 4.78 is 0. The SMILES string of the molecule is Cc1cccc(-c2cc(C(=O)Nc3sc4c(c3C#N)CCC(C)C4)c3ccccc3n2)c1. The van der Waals surface area contributed by atoms with Gasteiger partial charge in [-0.15, -0.1) is 11.3 Å². The molecule has 1 aliphatic rings. The fourth-order valence-corrected chi connectivity index (χ4v) is 5.80. The number of amides is 1. The topological polar surface area (TPSA) is 65.8 Å². The molecule has 5 rings (SSSR count). The lowest BCUT2D eigenvalue weighted by atomic mass is 9.88. The van der Waals surface area contributed by atoms with Crippen LogP contribution in [0.25, 0.3) is 22.2 Å². The molecule has 2 aromatic carbocycles. The summed E-state index contributed by atoms with van der Waals surface area (Å²) in [6.07, 6.45) is 2.96. The van der Waals surface area contributed by atoms with Crippen LogP contribution in [-0.2, 0) is 12.8 Å². The molecule has 0 radical (unpaired) electrons. The number of benzene rings is 2. The number of nitriles is 1. The number of nitrogens with zero attached hydrogens (tertiary/aromatic N) is 2. The standard InChI is InChI=1S/C27H23N3OS/c1-16-6-5-7-18(12-16)24-14-21(19-8-3-4-9-23(19)29-24)26(31)30-27-22(15-28)20-11-10-17(2)13-25(20)32-27/h3-9,12,14,17H,10-11,13H2,1-2H3,(H,30,31). The minimum Gasteiger partial charge on any atom is -0.312 e. The number of aryl methyl sites for hydroxylation is 1. The minimum absolute atomic E-state index is 0.208. The fraction of sp³-hybridized carbons (Fsp3) is 0.222. The summed E-state index contributed by atoms with van der Waals surface area (Å²) in [6.45, 7) is 4.28. The monoisotopic (exact) mass is 437 g/mol. The summed E-state index contributed by atoms with van der Waals surface area (Å²) in [5.74, 6) is 0.401. The average molecular weight is 438 g/mol. The second-order valence-electron chi connectivity index (χ2n) is 8.56. The van der Waals surface area contributed by atoms with E-state index in [9.17, 15) is 10.1 Å². The van der Waals surface area contributed by atoms with E-state index >= 15 is 0 Å². The Kier molecular flexibility index (Phi) is 5.24. The number of thiophene rings is 1. The smallest absolute Gasteiger partial charge is 0.257 e. The largest absolute Gasteiger partial charge is 0.312 e. The van der Waals surface area contributed by atoms with Gasteiger partial charge in [-0.3, -0.25) is 4.79 Å². The van der Waals surface area contributed by atoms with Crippen molar-refractivity contribution in [2.75, 3.05) is 5.32 Å². The molecule has 2 aromatic heterocycles. The summed E-state index contributed by atoms with van der Waals surface area (Å²) in [5, 5.41) is 14.3. The van der Waals surface area contributed by atoms with Crippen LogP contribution in [0.3, 0.4) is 0 Å². The van der Waals surface area contributed by atoms with E-state index in [0.717, 1.165) is 52.5 Å². The van der Waals surface area contributed by atoms with Crippen molar-refractivity contribution in [1.82, 2.24) is 4.98 Å². The Labute approximate surface area is 191 Å². The summed E-state index contributed by atoms with van der Waals surface area (Å²) in [6, 6.07) is 20.0. The third-order valence-corrected chi connectivity index (χ3v) is 7.29. The maximum absolute atomic E-state index is 13.5. The molecule has 0 fully saturated rings. The van der Waals surface area contributed by atoms with Crippen molar-refractivity contribution in [1.29, 1.82) is 5.26 Å². The number of rotatable bonds is 3. The van der Waals surface area contributed by atoms with Gasteiger partial charge in [0, 0.05) is 15.8 Å². The van der Waals surface area contributed by atoms with Crippen LogP contribution in [0.4, 0.5) is 5.00 Å². The number of anilines is 1. The van der Waals surface area contributed by atoms with Crippen molar-refractivity contribution < 1.29 is 4.79 Å². The van der Waals surface area contributed by atoms with Gasteiger partial charge in [0.2, 0.25) is 0 Å². The highest BCUT2D eigenvalue weighted by molar-refractivity contribution is 7.16. The Morgan fingerprint density at radius 1 is 1.19 bits per heavy atom. The van der Waals surface area contributed by atoms with Crippen LogP contribution < -0.4 is 5.32 Å². The molecule has 158 valence electrons. The van der Waals surface area contributed by atoms with E-state index in [0.29, 0.717) is 22.0 Å².